The first-order valence-corrected chi connectivity index (χ1v) is 26.3. The van der Waals surface area contributed by atoms with Crippen molar-refractivity contribution in [1.82, 2.24) is 0 Å². The molecule has 1 aromatic heterocycles. The van der Waals surface area contributed by atoms with Gasteiger partial charge in [-0.05, 0) is 160 Å². The van der Waals surface area contributed by atoms with E-state index in [0.29, 0.717) is 0 Å². The Morgan fingerprint density at radius 2 is 1.14 bits per heavy atom. The number of rotatable bonds is 11. The van der Waals surface area contributed by atoms with Gasteiger partial charge in [0.2, 0.25) is 0 Å². The lowest BCUT2D eigenvalue weighted by Crippen LogP contribution is -2.62. The highest BCUT2D eigenvalue weighted by atomic mass is 32.1. The van der Waals surface area contributed by atoms with E-state index in [0.717, 1.165) is 29.9 Å². The summed E-state index contributed by atoms with van der Waals surface area (Å²) in [6.45, 7) is 9.35. The Kier molecular flexibility index (Phi) is 10.4. The molecule has 340 valence electrons. The minimum Gasteiger partial charge on any atom is -0.376 e. The van der Waals surface area contributed by atoms with Gasteiger partial charge in [0, 0.05) is 76.6 Å². The summed E-state index contributed by atoms with van der Waals surface area (Å²) in [7, 11) is 0. The summed E-state index contributed by atoms with van der Waals surface area (Å²) in [6.07, 6.45) is 6.91. The summed E-state index contributed by atoms with van der Waals surface area (Å²) in [5.41, 5.74) is 22.8. The number of para-hydroxylation sites is 2. The number of unbranched alkanes of at least 4 members (excludes halogenated alkanes) is 2. The fourth-order valence-electron chi connectivity index (χ4n) is 12.2. The number of thiophene rings is 1. The Balaban J connectivity index is 1.14. The molecule has 3 nitrogen and oxygen atoms in total. The van der Waals surface area contributed by atoms with Gasteiger partial charge in [-0.25, -0.2) is 0 Å². The molecule has 0 amide bonds. The van der Waals surface area contributed by atoms with Crippen LogP contribution in [0.5, 0.6) is 0 Å². The van der Waals surface area contributed by atoms with Crippen LogP contribution >= 0.6 is 11.3 Å². The predicted octanol–water partition coefficient (Wildman–Crippen LogP) is 17.2. The van der Waals surface area contributed by atoms with Crippen LogP contribution < -0.4 is 25.5 Å². The van der Waals surface area contributed by atoms with Gasteiger partial charge >= 0.3 is 6.85 Å². The van der Waals surface area contributed by atoms with Crippen LogP contribution in [-0.4, -0.2) is 6.85 Å². The van der Waals surface area contributed by atoms with E-state index in [1.165, 1.54) is 130 Å². The molecule has 0 bridgehead atoms. The molecule has 0 unspecified atom stereocenters. The summed E-state index contributed by atoms with van der Waals surface area (Å²) < 4.78 is 2.64. The van der Waals surface area contributed by atoms with Crippen LogP contribution in [0.2, 0.25) is 0 Å². The lowest BCUT2D eigenvalue weighted by atomic mass is 9.42. The summed E-state index contributed by atoms with van der Waals surface area (Å²) in [5.74, 6) is 0. The standard InChI is InChI=1S/C65H56BN3S/c1-5-7-19-43-29-33-46(34-30-43)67(45-21-11-9-12-22-45)49-37-38-56-58(39-49)68(47-35-31-44(32-36-47)20-8-6-2)59-41-53-50-25-15-17-27-55(50)65(3,4)63(53)62-54-40-52-51-26-16-18-28-60(51)70-61(52)42-57(54)69(66(56)64(59)62)48-23-13-10-14-24-48/h9-18,21-42H,5-8,19-20H2,1-4H3. The Hall–Kier alpha value is -7.34. The fraction of sp³-hybridized carbons (Fsp3) is 0.169. The van der Waals surface area contributed by atoms with Gasteiger partial charge in [0.25, 0.3) is 0 Å². The van der Waals surface area contributed by atoms with Crippen molar-refractivity contribution in [3.8, 4) is 22.3 Å². The van der Waals surface area contributed by atoms with E-state index in [2.05, 4.69) is 236 Å². The highest BCUT2D eigenvalue weighted by Gasteiger charge is 2.50. The molecule has 1 aliphatic carbocycles. The normalized spacial score (nSPS) is 13.8. The molecule has 10 aromatic rings. The lowest BCUT2D eigenvalue weighted by Gasteiger charge is -2.47. The minimum absolute atomic E-state index is 0.122. The molecule has 9 aromatic carbocycles. The average Bonchev–Trinajstić information content (AvgIpc) is 3.88. The molecule has 0 fully saturated rings. The second-order valence-corrected chi connectivity index (χ2v) is 21.2. The maximum absolute atomic E-state index is 2.68. The lowest BCUT2D eigenvalue weighted by molar-refractivity contribution is 0.662. The number of benzene rings is 9. The second kappa shape index (κ2) is 17.0. The van der Waals surface area contributed by atoms with Crippen molar-refractivity contribution >= 4 is 94.8 Å². The molecular formula is C65H56BN3S. The Bertz CT molecular complexity index is 3620. The number of anilines is 8. The minimum atomic E-state index is -0.239. The third kappa shape index (κ3) is 6.69. The molecule has 3 aliphatic rings. The van der Waals surface area contributed by atoms with Crippen LogP contribution in [0.1, 0.15) is 75.6 Å². The summed E-state index contributed by atoms with van der Waals surface area (Å²) in [4.78, 5) is 7.75. The molecule has 0 radical (unpaired) electrons. The molecule has 5 heteroatoms. The van der Waals surface area contributed by atoms with E-state index in [4.69, 9.17) is 0 Å². The second-order valence-electron chi connectivity index (χ2n) is 20.1. The van der Waals surface area contributed by atoms with Crippen molar-refractivity contribution < 1.29 is 0 Å². The smallest absolute Gasteiger partial charge is 0.333 e. The maximum Gasteiger partial charge on any atom is 0.333 e. The van der Waals surface area contributed by atoms with Crippen molar-refractivity contribution in [2.24, 2.45) is 0 Å². The van der Waals surface area contributed by atoms with Crippen molar-refractivity contribution in [2.45, 2.75) is 71.6 Å². The van der Waals surface area contributed by atoms with Crippen molar-refractivity contribution in [3.63, 3.8) is 0 Å². The number of hydrogen-bond acceptors (Lipinski definition) is 4. The van der Waals surface area contributed by atoms with Crippen LogP contribution in [0.4, 0.5) is 45.5 Å². The summed E-state index contributed by atoms with van der Waals surface area (Å²) in [5, 5.41) is 2.65. The van der Waals surface area contributed by atoms with Gasteiger partial charge in [0.05, 0.1) is 0 Å². The molecule has 70 heavy (non-hydrogen) atoms. The van der Waals surface area contributed by atoms with Crippen molar-refractivity contribution in [3.05, 3.63) is 216 Å². The van der Waals surface area contributed by atoms with Crippen LogP contribution in [0.25, 0.3) is 42.4 Å². The van der Waals surface area contributed by atoms with Crippen molar-refractivity contribution in [1.29, 1.82) is 0 Å². The van der Waals surface area contributed by atoms with E-state index in [1.807, 2.05) is 11.3 Å². The van der Waals surface area contributed by atoms with Crippen LogP contribution in [0, 0.1) is 0 Å². The molecule has 0 spiro atoms. The molecule has 0 N–H and O–H groups in total. The van der Waals surface area contributed by atoms with E-state index < -0.39 is 0 Å². The van der Waals surface area contributed by atoms with E-state index in [-0.39, 0.29) is 12.3 Å². The maximum atomic E-state index is 2.68. The SMILES string of the molecule is CCCCc1ccc(N(c2ccccc2)c2ccc3c(c2)N(c2ccc(CCCC)cc2)c2cc4c(c5c2B3N(c2ccccc2)c2cc3sc6ccccc6c3cc2-5)C(C)(C)c2ccccc2-4)cc1. The molecule has 0 saturated carbocycles. The topological polar surface area (TPSA) is 9.72 Å². The van der Waals surface area contributed by atoms with Gasteiger partial charge in [-0.3, -0.25) is 0 Å². The number of hydrogen-bond donors (Lipinski definition) is 0. The quantitative estimate of drug-likeness (QED) is 0.120. The van der Waals surface area contributed by atoms with Gasteiger partial charge in [0.1, 0.15) is 0 Å². The average molecular weight is 922 g/mol. The van der Waals surface area contributed by atoms with Gasteiger partial charge in [-0.1, -0.05) is 150 Å². The molecule has 0 saturated heterocycles. The van der Waals surface area contributed by atoms with Crippen LogP contribution in [-0.2, 0) is 18.3 Å². The van der Waals surface area contributed by atoms with E-state index >= 15 is 0 Å². The van der Waals surface area contributed by atoms with Crippen molar-refractivity contribution in [2.75, 3.05) is 14.6 Å². The van der Waals surface area contributed by atoms with Gasteiger partial charge < -0.3 is 14.6 Å². The molecule has 0 atom stereocenters. The first-order valence-electron chi connectivity index (χ1n) is 25.5. The first-order chi connectivity index (χ1) is 34.4. The highest BCUT2D eigenvalue weighted by molar-refractivity contribution is 7.25. The summed E-state index contributed by atoms with van der Waals surface area (Å²) in [6, 6.07) is 74.1. The van der Waals surface area contributed by atoms with E-state index in [1.54, 1.807) is 0 Å². The molecular weight excluding hydrogens is 866 g/mol. The monoisotopic (exact) mass is 921 g/mol. The number of aryl methyl sites for hydroxylation is 2. The van der Waals surface area contributed by atoms with Gasteiger partial charge in [-0.2, -0.15) is 0 Å². The van der Waals surface area contributed by atoms with Crippen LogP contribution in [0.3, 0.4) is 0 Å². The zero-order valence-electron chi connectivity index (χ0n) is 40.5. The van der Waals surface area contributed by atoms with Gasteiger partial charge in [0.15, 0.2) is 0 Å². The Morgan fingerprint density at radius 3 is 1.89 bits per heavy atom. The van der Waals surface area contributed by atoms with Crippen LogP contribution in [0.15, 0.2) is 194 Å². The Morgan fingerprint density at radius 1 is 0.500 bits per heavy atom. The molecule has 3 heterocycles. The third-order valence-electron chi connectivity index (χ3n) is 15.5. The van der Waals surface area contributed by atoms with Gasteiger partial charge in [-0.15, -0.1) is 11.3 Å². The highest BCUT2D eigenvalue weighted by Crippen LogP contribution is 2.58. The fourth-order valence-corrected chi connectivity index (χ4v) is 13.3. The zero-order chi connectivity index (χ0) is 47.1. The number of nitrogens with zero attached hydrogens (tertiary/aromatic N) is 3. The predicted molar refractivity (Wildman–Crippen MR) is 303 cm³/mol. The first kappa shape index (κ1) is 42.7. The third-order valence-corrected chi connectivity index (χ3v) is 16.7. The zero-order valence-corrected chi connectivity index (χ0v) is 41.4. The largest absolute Gasteiger partial charge is 0.376 e. The Labute approximate surface area is 417 Å². The van der Waals surface area contributed by atoms with E-state index in [9.17, 15) is 0 Å². The molecule has 2 aliphatic heterocycles. The summed E-state index contributed by atoms with van der Waals surface area (Å²) >= 11 is 1.91. The number of fused-ring (bicyclic) bond motifs is 11. The molecule has 13 rings (SSSR count).